The molecule has 0 spiro atoms. The monoisotopic (exact) mass is 445 g/mol. The molecule has 2 aromatic rings. The zero-order chi connectivity index (χ0) is 22.9. The van der Waals surface area contributed by atoms with Crippen molar-refractivity contribution < 1.29 is 14.3 Å². The minimum atomic E-state index is -0.157. The number of benzene rings is 2. The van der Waals surface area contributed by atoms with Crippen LogP contribution in [0.5, 0.6) is 0 Å². The molecule has 6 heteroatoms. The number of nitrogens with zero attached hydrogens (tertiary/aromatic N) is 3. The molecule has 0 N–H and O–H groups in total. The minimum Gasteiger partial charge on any atom is -0.366 e. The fraction of sp³-hybridized carbons (Fsp3) is 0.407. The topological polar surface area (TPSA) is 57.7 Å². The molecule has 2 aromatic carbocycles. The zero-order valence-electron chi connectivity index (χ0n) is 19.6. The predicted octanol–water partition coefficient (Wildman–Crippen LogP) is 4.73. The molecule has 5 rings (SSSR count). The average Bonchev–Trinajstić information content (AvgIpc) is 3.43. The lowest BCUT2D eigenvalue weighted by Crippen LogP contribution is -2.27. The Bertz CT molecular complexity index is 1100. The van der Waals surface area contributed by atoms with Crippen molar-refractivity contribution in [3.63, 3.8) is 0 Å². The number of rotatable bonds is 5. The van der Waals surface area contributed by atoms with Crippen LogP contribution in [0.15, 0.2) is 53.0 Å². The first-order valence-corrected chi connectivity index (χ1v) is 11.8. The lowest BCUT2D eigenvalue weighted by molar-refractivity contribution is 0.0593. The molecular formula is C27H31N3O3. The summed E-state index contributed by atoms with van der Waals surface area (Å²) in [7, 11) is 4.04. The fourth-order valence-electron chi connectivity index (χ4n) is 4.56. The van der Waals surface area contributed by atoms with Gasteiger partial charge in [-0.25, -0.2) is 4.99 Å². The summed E-state index contributed by atoms with van der Waals surface area (Å²) in [5.74, 6) is 1.13. The molecule has 2 unspecified atom stereocenters. The summed E-state index contributed by atoms with van der Waals surface area (Å²) < 4.78 is 11.4. The third-order valence-electron chi connectivity index (χ3n) is 6.50. The summed E-state index contributed by atoms with van der Waals surface area (Å²) in [6.45, 7) is 4.35. The summed E-state index contributed by atoms with van der Waals surface area (Å²) in [6.07, 6.45) is 4.97. The molecule has 3 aliphatic rings. The quantitative estimate of drug-likeness (QED) is 0.625. The number of carbonyl (C=O) groups is 1. The van der Waals surface area contributed by atoms with Gasteiger partial charge in [0.25, 0.3) is 5.91 Å². The highest BCUT2D eigenvalue weighted by atomic mass is 16.8. The molecule has 1 amide bonds. The van der Waals surface area contributed by atoms with Gasteiger partial charge >= 0.3 is 0 Å². The lowest BCUT2D eigenvalue weighted by Gasteiger charge is -2.15. The third-order valence-corrected chi connectivity index (χ3v) is 6.50. The molecule has 2 fully saturated rings. The van der Waals surface area contributed by atoms with Crippen molar-refractivity contribution in [2.75, 3.05) is 33.8 Å². The van der Waals surface area contributed by atoms with Crippen LogP contribution in [0.25, 0.3) is 17.2 Å². The third kappa shape index (κ3) is 4.59. The molecule has 2 saturated heterocycles. The summed E-state index contributed by atoms with van der Waals surface area (Å²) in [4.78, 5) is 21.6. The molecule has 2 atom stereocenters. The molecular weight excluding hydrogens is 414 g/mol. The molecule has 3 heterocycles. The molecule has 0 saturated carbocycles. The first kappa shape index (κ1) is 21.9. The standard InChI is InChI=1S/C27H31N3O3/c1-4-32-27-25(33-27)22-16-21-15-20(11-12-23(21)28-24(17-22)29(2)3)18-7-9-19(10-8-18)26(31)30-13-5-6-14-30/h7-12,15-16,25,27H,4-6,13-14,17H2,1-3H3. The van der Waals surface area contributed by atoms with Crippen molar-refractivity contribution >= 4 is 23.5 Å². The van der Waals surface area contributed by atoms with Gasteiger partial charge in [-0.05, 0) is 60.7 Å². The van der Waals surface area contributed by atoms with Gasteiger partial charge in [-0.15, -0.1) is 0 Å². The Hall–Kier alpha value is -2.96. The SMILES string of the molecule is CCOC1OC1C1=Cc2cc(-c3ccc(C(=O)N4CCCC4)cc3)ccc2N=C(N(C)C)C1. The minimum absolute atomic E-state index is 0.0133. The summed E-state index contributed by atoms with van der Waals surface area (Å²) in [6, 6.07) is 14.3. The van der Waals surface area contributed by atoms with Crippen molar-refractivity contribution in [2.24, 2.45) is 4.99 Å². The van der Waals surface area contributed by atoms with E-state index in [9.17, 15) is 4.79 Å². The highest BCUT2D eigenvalue weighted by molar-refractivity contribution is 5.95. The molecule has 0 bridgehead atoms. The molecule has 0 aliphatic carbocycles. The molecule has 0 aromatic heterocycles. The number of aliphatic imine (C=N–C) groups is 1. The molecule has 6 nitrogen and oxygen atoms in total. The number of hydrogen-bond donors (Lipinski definition) is 0. The number of amides is 1. The van der Waals surface area contributed by atoms with Crippen LogP contribution in [-0.4, -0.2) is 67.7 Å². The van der Waals surface area contributed by atoms with Gasteiger partial charge in [0.15, 0.2) is 6.29 Å². The number of carbonyl (C=O) groups excluding carboxylic acids is 1. The normalized spacial score (nSPS) is 21.7. The van der Waals surface area contributed by atoms with E-state index in [1.54, 1.807) is 0 Å². The van der Waals surface area contributed by atoms with Crippen molar-refractivity contribution in [2.45, 2.75) is 38.6 Å². The van der Waals surface area contributed by atoms with Gasteiger partial charge in [0.2, 0.25) is 0 Å². The van der Waals surface area contributed by atoms with Gasteiger partial charge in [0, 0.05) is 51.3 Å². The van der Waals surface area contributed by atoms with Gasteiger partial charge in [-0.3, -0.25) is 4.79 Å². The van der Waals surface area contributed by atoms with Crippen molar-refractivity contribution in [3.8, 4) is 11.1 Å². The highest BCUT2D eigenvalue weighted by Crippen LogP contribution is 2.38. The van der Waals surface area contributed by atoms with E-state index in [0.29, 0.717) is 6.61 Å². The van der Waals surface area contributed by atoms with E-state index >= 15 is 0 Å². The van der Waals surface area contributed by atoms with Gasteiger partial charge < -0.3 is 19.3 Å². The van der Waals surface area contributed by atoms with E-state index in [2.05, 4.69) is 29.2 Å². The van der Waals surface area contributed by atoms with Crippen LogP contribution >= 0.6 is 0 Å². The van der Waals surface area contributed by atoms with Crippen LogP contribution in [0.3, 0.4) is 0 Å². The Balaban J connectivity index is 1.43. The first-order chi connectivity index (χ1) is 16.0. The van der Waals surface area contributed by atoms with E-state index in [1.165, 1.54) is 5.57 Å². The summed E-state index contributed by atoms with van der Waals surface area (Å²) >= 11 is 0. The zero-order valence-corrected chi connectivity index (χ0v) is 19.6. The maximum absolute atomic E-state index is 12.7. The number of fused-ring (bicyclic) bond motifs is 1. The number of epoxide rings is 1. The van der Waals surface area contributed by atoms with Crippen LogP contribution in [-0.2, 0) is 9.47 Å². The Morgan fingerprint density at radius 2 is 1.85 bits per heavy atom. The van der Waals surface area contributed by atoms with Gasteiger partial charge in [-0.2, -0.15) is 0 Å². The van der Waals surface area contributed by atoms with Crippen LogP contribution in [0.2, 0.25) is 0 Å². The van der Waals surface area contributed by atoms with Crippen LogP contribution in [0, 0.1) is 0 Å². The van der Waals surface area contributed by atoms with Gasteiger partial charge in [0.05, 0.1) is 5.69 Å². The second kappa shape index (κ2) is 9.12. The summed E-state index contributed by atoms with van der Waals surface area (Å²) in [5.41, 5.74) is 6.15. The lowest BCUT2D eigenvalue weighted by atomic mass is 9.98. The second-order valence-corrected chi connectivity index (χ2v) is 9.05. The second-order valence-electron chi connectivity index (χ2n) is 9.05. The predicted molar refractivity (Wildman–Crippen MR) is 131 cm³/mol. The van der Waals surface area contributed by atoms with Crippen LogP contribution in [0.1, 0.15) is 42.1 Å². The Kier molecular flexibility index (Phi) is 6.04. The maximum atomic E-state index is 12.7. The fourth-order valence-corrected chi connectivity index (χ4v) is 4.56. The van der Waals surface area contributed by atoms with Crippen molar-refractivity contribution in [3.05, 3.63) is 59.2 Å². The number of likely N-dealkylation sites (tertiary alicyclic amines) is 1. The molecule has 172 valence electrons. The van der Waals surface area contributed by atoms with Gasteiger partial charge in [-0.1, -0.05) is 24.3 Å². The number of ether oxygens (including phenoxy) is 2. The van der Waals surface area contributed by atoms with Crippen molar-refractivity contribution in [1.29, 1.82) is 0 Å². The largest absolute Gasteiger partial charge is 0.366 e. The smallest absolute Gasteiger partial charge is 0.253 e. The highest BCUT2D eigenvalue weighted by Gasteiger charge is 2.43. The van der Waals surface area contributed by atoms with Crippen molar-refractivity contribution in [1.82, 2.24) is 9.80 Å². The van der Waals surface area contributed by atoms with E-state index in [4.69, 9.17) is 14.5 Å². The Labute approximate surface area is 195 Å². The van der Waals surface area contributed by atoms with Crippen LogP contribution in [0.4, 0.5) is 5.69 Å². The molecule has 0 radical (unpaired) electrons. The molecule has 33 heavy (non-hydrogen) atoms. The average molecular weight is 446 g/mol. The number of hydrogen-bond acceptors (Lipinski definition) is 5. The Morgan fingerprint density at radius 3 is 2.55 bits per heavy atom. The summed E-state index contributed by atoms with van der Waals surface area (Å²) in [5, 5.41) is 0. The van der Waals surface area contributed by atoms with E-state index in [1.807, 2.05) is 50.2 Å². The van der Waals surface area contributed by atoms with Crippen LogP contribution < -0.4 is 0 Å². The first-order valence-electron chi connectivity index (χ1n) is 11.8. The van der Waals surface area contributed by atoms with E-state index in [0.717, 1.165) is 66.1 Å². The Morgan fingerprint density at radius 1 is 1.12 bits per heavy atom. The molecule has 3 aliphatic heterocycles. The number of amidine groups is 1. The van der Waals surface area contributed by atoms with E-state index in [-0.39, 0.29) is 18.3 Å². The van der Waals surface area contributed by atoms with E-state index < -0.39 is 0 Å². The van der Waals surface area contributed by atoms with Gasteiger partial charge in [0.1, 0.15) is 11.9 Å². The maximum Gasteiger partial charge on any atom is 0.253 e.